The molecular weight excluding hydrogens is 378 g/mol. The van der Waals surface area contributed by atoms with Crippen molar-refractivity contribution in [2.75, 3.05) is 18.6 Å². The summed E-state index contributed by atoms with van der Waals surface area (Å²) in [4.78, 5) is 57.5. The maximum Gasteiger partial charge on any atom is 0.322 e. The van der Waals surface area contributed by atoms with E-state index in [4.69, 9.17) is 16.6 Å². The maximum atomic E-state index is 12.2. The molecule has 0 spiro atoms. The van der Waals surface area contributed by atoms with Gasteiger partial charge >= 0.3 is 5.97 Å². The molecule has 27 heavy (non-hydrogen) atoms. The number of hydrogen-bond donors (Lipinski definition) is 6. The Morgan fingerprint density at radius 2 is 1.67 bits per heavy atom. The molecular formula is C15H27N5O6S. The number of hydrogen-bond acceptors (Lipinski definition) is 7. The predicted molar refractivity (Wildman–Crippen MR) is 99.6 cm³/mol. The van der Waals surface area contributed by atoms with Crippen LogP contribution in [0.25, 0.3) is 0 Å². The molecule has 0 aliphatic rings. The van der Waals surface area contributed by atoms with Gasteiger partial charge in [0.2, 0.25) is 23.6 Å². The van der Waals surface area contributed by atoms with Crippen LogP contribution in [0.4, 0.5) is 0 Å². The summed E-state index contributed by atoms with van der Waals surface area (Å²) in [7, 11) is 0. The fourth-order valence-corrected chi connectivity index (χ4v) is 2.37. The quantitative estimate of drug-likeness (QED) is 0.194. The van der Waals surface area contributed by atoms with Crippen molar-refractivity contribution in [1.29, 1.82) is 0 Å². The summed E-state index contributed by atoms with van der Waals surface area (Å²) in [6.45, 7) is 0.848. The lowest BCUT2D eigenvalue weighted by atomic mass is 10.1. The number of primary amides is 1. The van der Waals surface area contributed by atoms with Crippen molar-refractivity contribution in [3.8, 4) is 0 Å². The van der Waals surface area contributed by atoms with Crippen LogP contribution < -0.4 is 27.4 Å². The zero-order valence-electron chi connectivity index (χ0n) is 15.3. The fraction of sp³-hybridized carbons (Fsp3) is 0.667. The molecule has 11 nitrogen and oxygen atoms in total. The molecule has 0 aromatic rings. The minimum absolute atomic E-state index is 0.0451. The minimum atomic E-state index is -1.20. The van der Waals surface area contributed by atoms with E-state index >= 15 is 0 Å². The van der Waals surface area contributed by atoms with Crippen LogP contribution in [-0.4, -0.2) is 71.4 Å². The van der Waals surface area contributed by atoms with Crippen molar-refractivity contribution in [3.05, 3.63) is 0 Å². The van der Waals surface area contributed by atoms with E-state index < -0.39 is 54.3 Å². The SMILES string of the molecule is CSCCC(NC(=O)C(C)NC(=O)C(N)CCC(N)=O)C(=O)NCC(=O)O. The highest BCUT2D eigenvalue weighted by Gasteiger charge is 2.25. The van der Waals surface area contributed by atoms with Gasteiger partial charge in [0, 0.05) is 6.42 Å². The molecule has 0 bridgehead atoms. The lowest BCUT2D eigenvalue weighted by Gasteiger charge is -2.21. The largest absolute Gasteiger partial charge is 0.480 e. The fourth-order valence-electron chi connectivity index (χ4n) is 1.90. The highest BCUT2D eigenvalue weighted by molar-refractivity contribution is 7.98. The van der Waals surface area contributed by atoms with E-state index in [9.17, 15) is 24.0 Å². The van der Waals surface area contributed by atoms with Crippen LogP contribution in [0.2, 0.25) is 0 Å². The molecule has 3 unspecified atom stereocenters. The molecule has 0 aromatic carbocycles. The van der Waals surface area contributed by atoms with E-state index in [1.54, 1.807) is 0 Å². The van der Waals surface area contributed by atoms with Crippen molar-refractivity contribution in [1.82, 2.24) is 16.0 Å². The Bertz CT molecular complexity index is 559. The van der Waals surface area contributed by atoms with E-state index in [-0.39, 0.29) is 19.3 Å². The molecule has 0 aliphatic carbocycles. The third-order valence-corrected chi connectivity index (χ3v) is 4.09. The Kier molecular flexibility index (Phi) is 11.8. The van der Waals surface area contributed by atoms with Crippen molar-refractivity contribution in [3.63, 3.8) is 0 Å². The van der Waals surface area contributed by atoms with Gasteiger partial charge in [-0.1, -0.05) is 0 Å². The number of amides is 4. The molecule has 4 amide bonds. The minimum Gasteiger partial charge on any atom is -0.480 e. The Hall–Kier alpha value is -2.34. The van der Waals surface area contributed by atoms with Crippen molar-refractivity contribution in [2.45, 2.75) is 44.3 Å². The van der Waals surface area contributed by atoms with Gasteiger partial charge in [0.05, 0.1) is 6.04 Å². The topological polar surface area (TPSA) is 194 Å². The Morgan fingerprint density at radius 3 is 2.19 bits per heavy atom. The first-order valence-corrected chi connectivity index (χ1v) is 9.60. The number of nitrogens with two attached hydrogens (primary N) is 2. The monoisotopic (exact) mass is 405 g/mol. The van der Waals surface area contributed by atoms with Crippen LogP contribution in [0, 0.1) is 0 Å². The van der Waals surface area contributed by atoms with E-state index in [0.29, 0.717) is 5.75 Å². The summed E-state index contributed by atoms with van der Waals surface area (Å²) in [5.74, 6) is -3.12. The highest BCUT2D eigenvalue weighted by atomic mass is 32.2. The summed E-state index contributed by atoms with van der Waals surface area (Å²) in [5.41, 5.74) is 10.6. The summed E-state index contributed by atoms with van der Waals surface area (Å²) in [6, 6.07) is -2.92. The number of aliphatic carboxylic acids is 1. The average Bonchev–Trinajstić information content (AvgIpc) is 2.60. The van der Waals surface area contributed by atoms with Gasteiger partial charge in [-0.25, -0.2) is 0 Å². The first-order chi connectivity index (χ1) is 12.6. The average molecular weight is 405 g/mol. The van der Waals surface area contributed by atoms with Gasteiger partial charge < -0.3 is 32.5 Å². The molecule has 8 N–H and O–H groups in total. The first kappa shape index (κ1) is 24.7. The third-order valence-electron chi connectivity index (χ3n) is 3.45. The Labute approximate surface area is 161 Å². The molecule has 3 atom stereocenters. The number of nitrogens with one attached hydrogen (secondary N) is 3. The van der Waals surface area contributed by atoms with Crippen LogP contribution in [0.15, 0.2) is 0 Å². The van der Waals surface area contributed by atoms with Crippen LogP contribution in [0.3, 0.4) is 0 Å². The molecule has 0 fully saturated rings. The van der Waals surface area contributed by atoms with E-state index in [2.05, 4.69) is 16.0 Å². The number of carbonyl (C=O) groups is 5. The van der Waals surface area contributed by atoms with Gasteiger partial charge in [-0.15, -0.1) is 0 Å². The molecule has 0 saturated heterocycles. The molecule has 0 aromatic heterocycles. The maximum absolute atomic E-state index is 12.2. The third kappa shape index (κ3) is 11.1. The molecule has 154 valence electrons. The predicted octanol–water partition coefficient (Wildman–Crippen LogP) is -2.48. The molecule has 0 aliphatic heterocycles. The van der Waals surface area contributed by atoms with Crippen LogP contribution >= 0.6 is 11.8 Å². The lowest BCUT2D eigenvalue weighted by molar-refractivity contribution is -0.138. The molecule has 0 saturated carbocycles. The Morgan fingerprint density at radius 1 is 1.04 bits per heavy atom. The second kappa shape index (κ2) is 12.9. The van der Waals surface area contributed by atoms with E-state index in [1.165, 1.54) is 18.7 Å². The smallest absolute Gasteiger partial charge is 0.322 e. The zero-order valence-corrected chi connectivity index (χ0v) is 16.1. The van der Waals surface area contributed by atoms with Crippen molar-refractivity contribution >= 4 is 41.4 Å². The van der Waals surface area contributed by atoms with Gasteiger partial charge in [-0.2, -0.15) is 11.8 Å². The van der Waals surface area contributed by atoms with Gasteiger partial charge in [0.25, 0.3) is 0 Å². The Balaban J connectivity index is 4.70. The highest BCUT2D eigenvalue weighted by Crippen LogP contribution is 2.02. The van der Waals surface area contributed by atoms with Crippen LogP contribution in [0.1, 0.15) is 26.2 Å². The molecule has 0 rings (SSSR count). The molecule has 0 heterocycles. The number of carboxylic acids is 1. The number of carbonyl (C=O) groups excluding carboxylic acids is 4. The van der Waals surface area contributed by atoms with Crippen LogP contribution in [0.5, 0.6) is 0 Å². The summed E-state index contributed by atoms with van der Waals surface area (Å²) < 4.78 is 0. The number of carboxylic acid groups (broad SMARTS) is 1. The second-order valence-corrected chi connectivity index (χ2v) is 6.78. The van der Waals surface area contributed by atoms with Crippen molar-refractivity contribution in [2.24, 2.45) is 11.5 Å². The van der Waals surface area contributed by atoms with Gasteiger partial charge in [-0.3, -0.25) is 24.0 Å². The lowest BCUT2D eigenvalue weighted by Crippen LogP contribution is -2.55. The zero-order chi connectivity index (χ0) is 21.0. The summed E-state index contributed by atoms with van der Waals surface area (Å²) in [6.07, 6.45) is 2.10. The molecule has 12 heteroatoms. The standard InChI is InChI=1S/C15H27N5O6S/c1-8(19-14(25)9(16)3-4-11(17)21)13(24)20-10(5-6-27-2)15(26)18-7-12(22)23/h8-10H,3-7,16H2,1-2H3,(H2,17,21)(H,18,26)(H,19,25)(H,20,24)(H,22,23). The van der Waals surface area contributed by atoms with Gasteiger partial charge in [0.15, 0.2) is 0 Å². The molecule has 0 radical (unpaired) electrons. The summed E-state index contributed by atoms with van der Waals surface area (Å²) in [5, 5.41) is 15.7. The van der Waals surface area contributed by atoms with E-state index in [0.717, 1.165) is 0 Å². The number of rotatable bonds is 13. The van der Waals surface area contributed by atoms with Gasteiger partial charge in [-0.05, 0) is 31.8 Å². The number of thioether (sulfide) groups is 1. The van der Waals surface area contributed by atoms with E-state index in [1.807, 2.05) is 6.26 Å². The first-order valence-electron chi connectivity index (χ1n) is 8.21. The van der Waals surface area contributed by atoms with Crippen molar-refractivity contribution < 1.29 is 29.1 Å². The summed E-state index contributed by atoms with van der Waals surface area (Å²) >= 11 is 1.46. The van der Waals surface area contributed by atoms with Gasteiger partial charge in [0.1, 0.15) is 18.6 Å². The van der Waals surface area contributed by atoms with Crippen LogP contribution in [-0.2, 0) is 24.0 Å². The second-order valence-electron chi connectivity index (χ2n) is 5.80. The normalized spacial score (nSPS) is 13.7.